The van der Waals surface area contributed by atoms with E-state index in [4.69, 9.17) is 9.47 Å². The zero-order valence-corrected chi connectivity index (χ0v) is 16.7. The van der Waals surface area contributed by atoms with Crippen LogP contribution in [0.3, 0.4) is 0 Å². The zero-order chi connectivity index (χ0) is 20.3. The molecule has 0 bridgehead atoms. The van der Waals surface area contributed by atoms with Crippen LogP contribution in [0, 0.1) is 0 Å². The number of aromatic nitrogens is 2. The quantitative estimate of drug-likeness (QED) is 0.334. The number of H-pyrrole nitrogens is 1. The van der Waals surface area contributed by atoms with Crippen molar-refractivity contribution in [2.24, 2.45) is 0 Å². The van der Waals surface area contributed by atoms with E-state index in [1.165, 1.54) is 18.9 Å². The number of aromatic amines is 1. The summed E-state index contributed by atoms with van der Waals surface area (Å²) >= 11 is 1.37. The van der Waals surface area contributed by atoms with E-state index in [0.29, 0.717) is 39.3 Å². The van der Waals surface area contributed by atoms with E-state index >= 15 is 0 Å². The minimum atomic E-state index is -0.631. The van der Waals surface area contributed by atoms with Crippen molar-refractivity contribution in [3.63, 3.8) is 0 Å². The van der Waals surface area contributed by atoms with Crippen LogP contribution in [0.15, 0.2) is 58.1 Å². The molecule has 28 heavy (non-hydrogen) atoms. The van der Waals surface area contributed by atoms with Crippen LogP contribution in [0.2, 0.25) is 0 Å². The molecule has 3 rings (SSSR count). The first-order chi connectivity index (χ1) is 13.5. The highest BCUT2D eigenvalue weighted by Gasteiger charge is 2.36. The number of anilines is 1. The molecule has 2 N–H and O–H groups in total. The molecule has 1 atom stereocenters. The molecule has 0 aliphatic carbocycles. The molecular weight excluding hydrogens is 378 g/mol. The summed E-state index contributed by atoms with van der Waals surface area (Å²) in [6.45, 7) is 5.44. The van der Waals surface area contributed by atoms with Gasteiger partial charge >= 0.3 is 5.97 Å². The molecule has 0 amide bonds. The third-order valence-corrected chi connectivity index (χ3v) is 5.26. The van der Waals surface area contributed by atoms with Crippen molar-refractivity contribution in [3.8, 4) is 5.75 Å². The molecule has 1 aliphatic heterocycles. The van der Waals surface area contributed by atoms with Crippen molar-refractivity contribution in [2.45, 2.75) is 18.0 Å². The number of nitrogens with zero attached hydrogens (tertiary/aromatic N) is 1. The Balaban J connectivity index is 2.22. The first kappa shape index (κ1) is 19.8. The molecular formula is C20H21N3O4S. The van der Waals surface area contributed by atoms with Crippen molar-refractivity contribution >= 4 is 23.5 Å². The smallest absolute Gasteiger partial charge is 0.336 e. The van der Waals surface area contributed by atoms with Gasteiger partial charge in [0.1, 0.15) is 11.6 Å². The van der Waals surface area contributed by atoms with Crippen LogP contribution in [-0.2, 0) is 9.53 Å². The molecule has 1 aromatic carbocycles. The van der Waals surface area contributed by atoms with Crippen molar-refractivity contribution in [3.05, 3.63) is 69.7 Å². The summed E-state index contributed by atoms with van der Waals surface area (Å²) in [5, 5.41) is 3.57. The lowest BCUT2D eigenvalue weighted by molar-refractivity contribution is -0.136. The van der Waals surface area contributed by atoms with E-state index < -0.39 is 11.9 Å². The number of methoxy groups -OCH3 is 2. The summed E-state index contributed by atoms with van der Waals surface area (Å²) in [5.41, 5.74) is 1.74. The minimum absolute atomic E-state index is 0.314. The lowest BCUT2D eigenvalue weighted by Crippen LogP contribution is -2.31. The molecule has 1 aliphatic rings. The maximum atomic E-state index is 13.0. The van der Waals surface area contributed by atoms with Gasteiger partial charge in [0.05, 0.1) is 31.3 Å². The number of hydrogen-bond acceptors (Lipinski definition) is 7. The second-order valence-electron chi connectivity index (χ2n) is 6.10. The van der Waals surface area contributed by atoms with Gasteiger partial charge in [-0.3, -0.25) is 4.79 Å². The number of fused-ring (bicyclic) bond motifs is 1. The zero-order valence-electron chi connectivity index (χ0n) is 15.9. The summed E-state index contributed by atoms with van der Waals surface area (Å²) in [5.74, 6) is 0.528. The van der Waals surface area contributed by atoms with Crippen LogP contribution in [-0.4, -0.2) is 35.9 Å². The van der Waals surface area contributed by atoms with Crippen LogP contribution >= 0.6 is 11.8 Å². The Bertz CT molecular complexity index is 1010. The van der Waals surface area contributed by atoms with Gasteiger partial charge in [-0.25, -0.2) is 9.78 Å². The number of esters is 1. The first-order valence-electron chi connectivity index (χ1n) is 8.58. The van der Waals surface area contributed by atoms with Crippen LogP contribution in [0.25, 0.3) is 0 Å². The number of carbonyl (C=O) groups is 1. The Labute approximate surface area is 166 Å². The van der Waals surface area contributed by atoms with Crippen molar-refractivity contribution in [2.75, 3.05) is 25.3 Å². The Kier molecular flexibility index (Phi) is 5.89. The van der Waals surface area contributed by atoms with Gasteiger partial charge < -0.3 is 19.8 Å². The van der Waals surface area contributed by atoms with E-state index in [1.807, 2.05) is 12.1 Å². The number of nitrogens with one attached hydrogen (secondary N) is 2. The van der Waals surface area contributed by atoms with Gasteiger partial charge in [-0.05, 0) is 24.6 Å². The highest BCUT2D eigenvalue weighted by Crippen LogP contribution is 2.40. The number of ether oxygens (including phenoxy) is 2. The summed E-state index contributed by atoms with van der Waals surface area (Å²) in [6, 6.07) is 7.27. The van der Waals surface area contributed by atoms with Crippen LogP contribution in [0.5, 0.6) is 5.75 Å². The topological polar surface area (TPSA) is 93.3 Å². The summed E-state index contributed by atoms with van der Waals surface area (Å²) in [4.78, 5) is 32.8. The predicted octanol–water partition coefficient (Wildman–Crippen LogP) is 3.06. The fourth-order valence-corrected chi connectivity index (χ4v) is 3.77. The molecule has 0 saturated carbocycles. The average Bonchev–Trinajstić information content (AvgIpc) is 2.70. The SMILES string of the molecule is C=CCSc1nc2c(c(=O)[nH]1)[C@@H](c1cccc(OC)c1)C(C(=O)OC)=C(C)N2. The average molecular weight is 399 g/mol. The Hall–Kier alpha value is -3.00. The van der Waals surface area contributed by atoms with E-state index in [1.54, 1.807) is 32.2 Å². The molecule has 0 saturated heterocycles. The molecule has 0 unspecified atom stereocenters. The highest BCUT2D eigenvalue weighted by molar-refractivity contribution is 7.99. The van der Waals surface area contributed by atoms with E-state index in [-0.39, 0.29) is 5.56 Å². The number of carbonyl (C=O) groups excluding carboxylic acids is 1. The molecule has 2 aromatic rings. The van der Waals surface area contributed by atoms with E-state index in [9.17, 15) is 9.59 Å². The molecule has 1 aromatic heterocycles. The molecule has 7 nitrogen and oxygen atoms in total. The third kappa shape index (κ3) is 3.68. The fourth-order valence-electron chi connectivity index (χ4n) is 3.17. The normalized spacial score (nSPS) is 15.5. The lowest BCUT2D eigenvalue weighted by atomic mass is 9.82. The fraction of sp³-hybridized carbons (Fsp3) is 0.250. The van der Waals surface area contributed by atoms with Gasteiger partial charge in [0.25, 0.3) is 5.56 Å². The minimum Gasteiger partial charge on any atom is -0.497 e. The standard InChI is InChI=1S/C20H21N3O4S/c1-5-9-28-20-22-17-16(18(24)23-20)15(12-7-6-8-13(10-12)26-3)14(11(2)21-17)19(25)27-4/h5-8,10,15H,1,9H2,2-4H3,(H2,21,22,23,24)/t15-/m0/s1. The molecule has 0 fully saturated rings. The first-order valence-corrected chi connectivity index (χ1v) is 9.56. The third-order valence-electron chi connectivity index (χ3n) is 4.39. The largest absolute Gasteiger partial charge is 0.497 e. The highest BCUT2D eigenvalue weighted by atomic mass is 32.2. The van der Waals surface area contributed by atoms with Gasteiger partial charge in [-0.2, -0.15) is 0 Å². The van der Waals surface area contributed by atoms with Crippen molar-refractivity contribution in [1.29, 1.82) is 0 Å². The van der Waals surface area contributed by atoms with Gasteiger partial charge in [-0.15, -0.1) is 6.58 Å². The van der Waals surface area contributed by atoms with Gasteiger partial charge in [-0.1, -0.05) is 30.0 Å². The monoisotopic (exact) mass is 399 g/mol. The molecule has 8 heteroatoms. The summed E-state index contributed by atoms with van der Waals surface area (Å²) in [6.07, 6.45) is 1.73. The van der Waals surface area contributed by atoms with E-state index in [0.717, 1.165) is 5.56 Å². The second kappa shape index (κ2) is 8.35. The number of thioether (sulfide) groups is 1. The Morgan fingerprint density at radius 1 is 1.39 bits per heavy atom. The van der Waals surface area contributed by atoms with Gasteiger partial charge in [0.15, 0.2) is 5.16 Å². The second-order valence-corrected chi connectivity index (χ2v) is 7.11. The Morgan fingerprint density at radius 2 is 2.18 bits per heavy atom. The molecule has 0 spiro atoms. The van der Waals surface area contributed by atoms with Gasteiger partial charge in [0, 0.05) is 11.4 Å². The summed E-state index contributed by atoms with van der Waals surface area (Å²) in [7, 11) is 2.88. The molecule has 146 valence electrons. The van der Waals surface area contributed by atoms with E-state index in [2.05, 4.69) is 21.9 Å². The van der Waals surface area contributed by atoms with Crippen molar-refractivity contribution < 1.29 is 14.3 Å². The van der Waals surface area contributed by atoms with Crippen LogP contribution in [0.4, 0.5) is 5.82 Å². The number of hydrogen-bond donors (Lipinski definition) is 2. The number of rotatable bonds is 6. The summed E-state index contributed by atoms with van der Waals surface area (Å²) < 4.78 is 10.3. The van der Waals surface area contributed by atoms with Crippen molar-refractivity contribution in [1.82, 2.24) is 9.97 Å². The molecule has 0 radical (unpaired) electrons. The van der Waals surface area contributed by atoms with Crippen LogP contribution < -0.4 is 15.6 Å². The van der Waals surface area contributed by atoms with Gasteiger partial charge in [0.2, 0.25) is 0 Å². The lowest BCUT2D eigenvalue weighted by Gasteiger charge is -2.28. The predicted molar refractivity (Wildman–Crippen MR) is 109 cm³/mol. The van der Waals surface area contributed by atoms with Crippen LogP contribution in [0.1, 0.15) is 24.0 Å². The number of benzene rings is 1. The number of allylic oxidation sites excluding steroid dienone is 1. The maximum Gasteiger partial charge on any atom is 0.336 e. The maximum absolute atomic E-state index is 13.0. The molecule has 2 heterocycles. The Morgan fingerprint density at radius 3 is 2.86 bits per heavy atom.